The van der Waals surface area contributed by atoms with Gasteiger partial charge in [-0.3, -0.25) is 0 Å². The van der Waals surface area contributed by atoms with Gasteiger partial charge in [0.2, 0.25) is 0 Å². The van der Waals surface area contributed by atoms with Gasteiger partial charge in [0.15, 0.2) is 18.5 Å². The zero-order chi connectivity index (χ0) is 13.5. The van der Waals surface area contributed by atoms with E-state index in [1.54, 1.807) is 12.1 Å². The second-order valence-electron chi connectivity index (χ2n) is 4.03. The van der Waals surface area contributed by atoms with Gasteiger partial charge >= 0.3 is 0 Å². The van der Waals surface area contributed by atoms with Crippen LogP contribution in [0, 0.1) is 5.21 Å². The monoisotopic (exact) mass is 254 g/mol. The quantitative estimate of drug-likeness (QED) is 0.299. The van der Waals surface area contributed by atoms with Crippen LogP contribution in [0.1, 0.15) is 11.1 Å². The van der Waals surface area contributed by atoms with E-state index in [0.29, 0.717) is 5.71 Å². The van der Waals surface area contributed by atoms with E-state index in [2.05, 4.69) is 5.16 Å². The van der Waals surface area contributed by atoms with Crippen LogP contribution in [0.2, 0.25) is 0 Å². The summed E-state index contributed by atoms with van der Waals surface area (Å²) in [4.78, 5) is 0. The molecule has 96 valence electrons. The molecule has 2 aromatic rings. The first-order valence-electron chi connectivity index (χ1n) is 5.89. The van der Waals surface area contributed by atoms with Gasteiger partial charge in [0.25, 0.3) is 0 Å². The Bertz CT molecular complexity index is 578. The minimum absolute atomic E-state index is 0.00456. The molecule has 19 heavy (non-hydrogen) atoms. The third-order valence-corrected chi connectivity index (χ3v) is 2.63. The van der Waals surface area contributed by atoms with E-state index in [-0.39, 0.29) is 6.54 Å². The minimum atomic E-state index is -0.00456. The third kappa shape index (κ3) is 3.67. The highest BCUT2D eigenvalue weighted by Crippen LogP contribution is 2.02. The first-order chi connectivity index (χ1) is 9.29. The van der Waals surface area contributed by atoms with Crippen LogP contribution in [0.25, 0.3) is 0 Å². The van der Waals surface area contributed by atoms with Crippen molar-refractivity contribution in [3.63, 3.8) is 0 Å². The number of hydrogen-bond donors (Lipinski definition) is 1. The summed E-state index contributed by atoms with van der Waals surface area (Å²) in [5.41, 5.74) is 1.87. The predicted octanol–water partition coefficient (Wildman–Crippen LogP) is 2.49. The zero-order valence-corrected chi connectivity index (χ0v) is 10.3. The van der Waals surface area contributed by atoms with Crippen LogP contribution in [0.4, 0.5) is 0 Å². The van der Waals surface area contributed by atoms with Crippen molar-refractivity contribution in [1.82, 2.24) is 0 Å². The average Bonchev–Trinajstić information content (AvgIpc) is 2.47. The fraction of sp³-hybridized carbons (Fsp3) is 0.0667. The Morgan fingerprint density at radius 2 is 1.63 bits per heavy atom. The number of nitrogens with zero attached hydrogens (tertiary/aromatic N) is 2. The van der Waals surface area contributed by atoms with E-state index in [1.807, 2.05) is 48.5 Å². The van der Waals surface area contributed by atoms with Crippen molar-refractivity contribution >= 4 is 11.9 Å². The molecule has 0 saturated carbocycles. The number of benzene rings is 2. The lowest BCUT2D eigenvalue weighted by molar-refractivity contribution is -0.434. The van der Waals surface area contributed by atoms with Crippen LogP contribution in [0.15, 0.2) is 65.8 Å². The van der Waals surface area contributed by atoms with E-state index >= 15 is 0 Å². The average molecular weight is 254 g/mol. The molecule has 0 unspecified atom stereocenters. The summed E-state index contributed by atoms with van der Waals surface area (Å²) in [6, 6.07) is 18.4. The maximum Gasteiger partial charge on any atom is 0.199 e. The molecule has 0 aliphatic rings. The molecule has 0 aromatic heterocycles. The van der Waals surface area contributed by atoms with Crippen LogP contribution in [-0.2, 0) is 0 Å². The highest BCUT2D eigenvalue weighted by molar-refractivity contribution is 6.01. The van der Waals surface area contributed by atoms with Gasteiger partial charge in [-0.25, -0.2) is 4.74 Å². The molecule has 2 rings (SSSR count). The molecule has 0 aliphatic heterocycles. The van der Waals surface area contributed by atoms with Crippen molar-refractivity contribution in [1.29, 1.82) is 0 Å². The molecule has 0 fully saturated rings. The van der Waals surface area contributed by atoms with E-state index in [1.165, 1.54) is 6.21 Å². The Morgan fingerprint density at radius 3 is 2.21 bits per heavy atom. The maximum atomic E-state index is 11.8. The van der Waals surface area contributed by atoms with Gasteiger partial charge < -0.3 is 10.4 Å². The van der Waals surface area contributed by atoms with Crippen molar-refractivity contribution in [2.24, 2.45) is 5.16 Å². The lowest BCUT2D eigenvalue weighted by Gasteiger charge is -2.06. The van der Waals surface area contributed by atoms with Crippen LogP contribution in [0.5, 0.6) is 0 Å². The zero-order valence-electron chi connectivity index (χ0n) is 10.3. The summed E-state index contributed by atoms with van der Waals surface area (Å²) in [6.07, 6.45) is 1.47. The summed E-state index contributed by atoms with van der Waals surface area (Å²) >= 11 is 0. The van der Waals surface area contributed by atoms with Crippen molar-refractivity contribution < 1.29 is 9.95 Å². The number of hydroxylamine groups is 1. The van der Waals surface area contributed by atoms with Crippen molar-refractivity contribution in [2.75, 3.05) is 6.54 Å². The molecule has 0 saturated heterocycles. The molecule has 2 aromatic carbocycles. The third-order valence-electron chi connectivity index (χ3n) is 2.63. The van der Waals surface area contributed by atoms with E-state index in [0.717, 1.165) is 15.9 Å². The second kappa shape index (κ2) is 6.35. The van der Waals surface area contributed by atoms with Crippen LogP contribution >= 0.6 is 0 Å². The van der Waals surface area contributed by atoms with Crippen molar-refractivity contribution in [3.8, 4) is 0 Å². The summed E-state index contributed by atoms with van der Waals surface area (Å²) < 4.78 is 0.747. The summed E-state index contributed by atoms with van der Waals surface area (Å²) in [6.45, 7) is -0.00456. The Hall–Kier alpha value is -2.62. The SMILES string of the molecule is [O-][N+](=Cc1ccccc1)CC(=NO)c1ccccc1. The highest BCUT2D eigenvalue weighted by atomic mass is 16.5. The number of oxime groups is 1. The molecule has 0 aliphatic carbocycles. The van der Waals surface area contributed by atoms with Crippen LogP contribution < -0.4 is 0 Å². The fourth-order valence-corrected chi connectivity index (χ4v) is 1.71. The summed E-state index contributed by atoms with van der Waals surface area (Å²) in [5, 5.41) is 24.0. The molecule has 0 atom stereocenters. The van der Waals surface area contributed by atoms with Gasteiger partial charge in [0.1, 0.15) is 0 Å². The van der Waals surface area contributed by atoms with E-state index in [9.17, 15) is 5.21 Å². The molecule has 0 radical (unpaired) electrons. The molecule has 0 spiro atoms. The van der Waals surface area contributed by atoms with E-state index < -0.39 is 0 Å². The topological polar surface area (TPSA) is 58.7 Å². The van der Waals surface area contributed by atoms with Gasteiger partial charge in [0.05, 0.1) is 0 Å². The highest BCUT2D eigenvalue weighted by Gasteiger charge is 2.08. The van der Waals surface area contributed by atoms with E-state index in [4.69, 9.17) is 5.21 Å². The fourth-order valence-electron chi connectivity index (χ4n) is 1.71. The maximum absolute atomic E-state index is 11.8. The number of hydrogen-bond acceptors (Lipinski definition) is 3. The molecule has 1 N–H and O–H groups in total. The molecule has 4 nitrogen and oxygen atoms in total. The summed E-state index contributed by atoms with van der Waals surface area (Å²) in [7, 11) is 0. The largest absolute Gasteiger partial charge is 0.623 e. The Kier molecular flexibility index (Phi) is 4.29. The Morgan fingerprint density at radius 1 is 1.05 bits per heavy atom. The summed E-state index contributed by atoms with van der Waals surface area (Å²) in [5.74, 6) is 0. The molecule has 0 heterocycles. The van der Waals surface area contributed by atoms with Crippen LogP contribution in [0.3, 0.4) is 0 Å². The lowest BCUT2D eigenvalue weighted by Crippen LogP contribution is -2.18. The molecular formula is C15H14N2O2. The first-order valence-corrected chi connectivity index (χ1v) is 5.89. The second-order valence-corrected chi connectivity index (χ2v) is 4.03. The smallest absolute Gasteiger partial charge is 0.199 e. The van der Waals surface area contributed by atoms with Crippen LogP contribution in [-0.4, -0.2) is 28.4 Å². The predicted molar refractivity (Wildman–Crippen MR) is 74.9 cm³/mol. The molecule has 0 amide bonds. The Labute approximate surface area is 111 Å². The Balaban J connectivity index is 2.14. The van der Waals surface area contributed by atoms with Crippen molar-refractivity contribution in [2.45, 2.75) is 0 Å². The molecular weight excluding hydrogens is 240 g/mol. The van der Waals surface area contributed by atoms with Crippen molar-refractivity contribution in [3.05, 3.63) is 77.0 Å². The van der Waals surface area contributed by atoms with Gasteiger partial charge in [-0.05, 0) is 12.1 Å². The number of rotatable bonds is 4. The standard InChI is InChI=1S/C15H14N2O2/c18-16-15(14-9-5-2-6-10-14)12-17(19)11-13-7-3-1-4-8-13/h1-11,18H,12H2. The lowest BCUT2D eigenvalue weighted by atomic mass is 10.1. The molecule has 4 heteroatoms. The van der Waals surface area contributed by atoms with Gasteiger partial charge in [-0.15, -0.1) is 0 Å². The normalized spacial score (nSPS) is 12.4. The first kappa shape index (κ1) is 12.8. The van der Waals surface area contributed by atoms with Gasteiger partial charge in [0, 0.05) is 11.1 Å². The van der Waals surface area contributed by atoms with Gasteiger partial charge in [-0.1, -0.05) is 53.7 Å². The molecule has 0 bridgehead atoms. The minimum Gasteiger partial charge on any atom is -0.623 e. The van der Waals surface area contributed by atoms with Gasteiger partial charge in [-0.2, -0.15) is 0 Å².